The Bertz CT molecular complexity index is 802. The molecule has 0 unspecified atom stereocenters. The van der Waals surface area contributed by atoms with Crippen LogP contribution in [0.3, 0.4) is 0 Å². The number of carbonyl (C=O) groups excluding carboxylic acids is 1. The number of aromatic nitrogens is 1. The predicted octanol–water partition coefficient (Wildman–Crippen LogP) is 2.52. The van der Waals surface area contributed by atoms with E-state index in [1.807, 2.05) is 0 Å². The average Bonchev–Trinajstić information content (AvgIpc) is 2.55. The Kier molecular flexibility index (Phi) is 5.00. The number of nitrogens with zero attached hydrogens (tertiary/aromatic N) is 1. The molecule has 7 heteroatoms. The maximum absolute atomic E-state index is 12.6. The lowest BCUT2D eigenvalue weighted by molar-refractivity contribution is -0.118. The number of methoxy groups -OCH3 is 1. The van der Waals surface area contributed by atoms with Crippen LogP contribution in [-0.4, -0.2) is 26.4 Å². The fourth-order valence-corrected chi connectivity index (χ4v) is 3.13. The molecule has 1 heterocycles. The number of sulfone groups is 1. The number of ether oxygens (including phenoxy) is 1. The molecule has 23 heavy (non-hydrogen) atoms. The van der Waals surface area contributed by atoms with E-state index in [0.717, 1.165) is 0 Å². The van der Waals surface area contributed by atoms with Gasteiger partial charge in [-0.15, -0.1) is 0 Å². The first kappa shape index (κ1) is 17.0. The summed E-state index contributed by atoms with van der Waals surface area (Å²) in [6.45, 7) is 3.54. The van der Waals surface area contributed by atoms with Crippen LogP contribution >= 0.6 is 0 Å². The third kappa shape index (κ3) is 3.68. The number of nitrogens with one attached hydrogen (secondary N) is 1. The van der Waals surface area contributed by atoms with E-state index in [0.29, 0.717) is 5.69 Å². The SMILES string of the molecule is COc1cc(S(=O)(=O)c2ccncc2)ccc1NC(=O)C(C)C. The van der Waals surface area contributed by atoms with Gasteiger partial charge in [-0.3, -0.25) is 9.78 Å². The Balaban J connectivity index is 2.41. The van der Waals surface area contributed by atoms with Gasteiger partial charge >= 0.3 is 0 Å². The second-order valence-corrected chi connectivity index (χ2v) is 7.14. The molecule has 0 saturated heterocycles. The van der Waals surface area contributed by atoms with Crippen LogP contribution in [0.4, 0.5) is 5.69 Å². The molecule has 6 nitrogen and oxygen atoms in total. The Hall–Kier alpha value is -2.41. The largest absolute Gasteiger partial charge is 0.495 e. The van der Waals surface area contributed by atoms with Crippen LogP contribution in [0.15, 0.2) is 52.5 Å². The highest BCUT2D eigenvalue weighted by atomic mass is 32.2. The average molecular weight is 334 g/mol. The first-order chi connectivity index (χ1) is 10.9. The number of hydrogen-bond acceptors (Lipinski definition) is 5. The van der Waals surface area contributed by atoms with Crippen LogP contribution in [0.2, 0.25) is 0 Å². The summed E-state index contributed by atoms with van der Waals surface area (Å²) < 4.78 is 30.4. The van der Waals surface area contributed by atoms with Crippen LogP contribution < -0.4 is 10.1 Å². The smallest absolute Gasteiger partial charge is 0.227 e. The summed E-state index contributed by atoms with van der Waals surface area (Å²) >= 11 is 0. The van der Waals surface area contributed by atoms with Crippen LogP contribution in [0.25, 0.3) is 0 Å². The van der Waals surface area contributed by atoms with Crippen molar-refractivity contribution in [3.8, 4) is 5.75 Å². The molecule has 1 aromatic heterocycles. The summed E-state index contributed by atoms with van der Waals surface area (Å²) in [5.74, 6) is -0.0814. The lowest BCUT2D eigenvalue weighted by Crippen LogP contribution is -2.18. The number of rotatable bonds is 5. The van der Waals surface area contributed by atoms with E-state index in [2.05, 4.69) is 10.3 Å². The fraction of sp³-hybridized carbons (Fsp3) is 0.250. The molecule has 0 fully saturated rings. The summed E-state index contributed by atoms with van der Waals surface area (Å²) in [6, 6.07) is 7.21. The topological polar surface area (TPSA) is 85.4 Å². The Morgan fingerprint density at radius 3 is 2.35 bits per heavy atom. The standard InChI is InChI=1S/C16H18N2O4S/c1-11(2)16(19)18-14-5-4-13(10-15(14)22-3)23(20,21)12-6-8-17-9-7-12/h4-11H,1-3H3,(H,18,19). The quantitative estimate of drug-likeness (QED) is 0.908. The molecule has 0 bridgehead atoms. The zero-order chi connectivity index (χ0) is 17.0. The molecule has 122 valence electrons. The van der Waals surface area contributed by atoms with E-state index in [-0.39, 0.29) is 27.4 Å². The summed E-state index contributed by atoms with van der Waals surface area (Å²) in [5, 5.41) is 2.71. The van der Waals surface area contributed by atoms with Crippen LogP contribution in [-0.2, 0) is 14.6 Å². The van der Waals surface area contributed by atoms with E-state index in [4.69, 9.17) is 4.74 Å². The molecule has 0 radical (unpaired) electrons. The normalized spacial score (nSPS) is 11.3. The Morgan fingerprint density at radius 1 is 1.13 bits per heavy atom. The van der Waals surface area contributed by atoms with Crippen LogP contribution in [0, 0.1) is 5.92 Å². The zero-order valence-corrected chi connectivity index (χ0v) is 13.9. The second kappa shape index (κ2) is 6.78. The number of pyridine rings is 1. The molecule has 0 aliphatic carbocycles. The lowest BCUT2D eigenvalue weighted by atomic mass is 10.2. The highest BCUT2D eigenvalue weighted by Gasteiger charge is 2.20. The molecular formula is C16H18N2O4S. The Morgan fingerprint density at radius 2 is 1.78 bits per heavy atom. The monoisotopic (exact) mass is 334 g/mol. The number of amides is 1. The van der Waals surface area contributed by atoms with Crippen molar-refractivity contribution >= 4 is 21.4 Å². The minimum atomic E-state index is -3.67. The Labute approximate surface area is 135 Å². The van der Waals surface area contributed by atoms with Crippen molar-refractivity contribution in [2.45, 2.75) is 23.6 Å². The lowest BCUT2D eigenvalue weighted by Gasteiger charge is -2.13. The van der Waals surface area contributed by atoms with Crippen molar-refractivity contribution in [2.24, 2.45) is 5.92 Å². The number of anilines is 1. The molecule has 1 aromatic carbocycles. The minimum Gasteiger partial charge on any atom is -0.495 e. The number of hydrogen-bond donors (Lipinski definition) is 1. The first-order valence-corrected chi connectivity index (χ1v) is 8.48. The van der Waals surface area contributed by atoms with Crippen molar-refractivity contribution in [3.05, 3.63) is 42.7 Å². The molecule has 0 aliphatic heterocycles. The second-order valence-electron chi connectivity index (χ2n) is 5.19. The van der Waals surface area contributed by atoms with Crippen molar-refractivity contribution in [2.75, 3.05) is 12.4 Å². The van der Waals surface area contributed by atoms with E-state index < -0.39 is 9.84 Å². The minimum absolute atomic E-state index is 0.0862. The molecular weight excluding hydrogens is 316 g/mol. The van der Waals surface area contributed by atoms with E-state index >= 15 is 0 Å². The van der Waals surface area contributed by atoms with Gasteiger partial charge in [-0.25, -0.2) is 8.42 Å². The van der Waals surface area contributed by atoms with Crippen molar-refractivity contribution in [1.29, 1.82) is 0 Å². The third-order valence-corrected chi connectivity index (χ3v) is 4.99. The number of benzene rings is 1. The summed E-state index contributed by atoms with van der Waals surface area (Å²) in [7, 11) is -2.25. The first-order valence-electron chi connectivity index (χ1n) is 7.00. The molecule has 1 N–H and O–H groups in total. The highest BCUT2D eigenvalue weighted by molar-refractivity contribution is 7.91. The molecule has 1 amide bonds. The molecule has 0 spiro atoms. The van der Waals surface area contributed by atoms with Gasteiger partial charge in [0.1, 0.15) is 5.75 Å². The molecule has 2 aromatic rings. The molecule has 0 saturated carbocycles. The van der Waals surface area contributed by atoms with Gasteiger partial charge in [0.25, 0.3) is 0 Å². The molecule has 0 aliphatic rings. The van der Waals surface area contributed by atoms with Gasteiger partial charge in [-0.05, 0) is 24.3 Å². The van der Waals surface area contributed by atoms with Crippen LogP contribution in [0.1, 0.15) is 13.8 Å². The number of carbonyl (C=O) groups is 1. The predicted molar refractivity (Wildman–Crippen MR) is 86.2 cm³/mol. The van der Waals surface area contributed by atoms with Gasteiger partial charge in [0.15, 0.2) is 0 Å². The van der Waals surface area contributed by atoms with E-state index in [1.165, 1.54) is 49.8 Å². The zero-order valence-electron chi connectivity index (χ0n) is 13.1. The van der Waals surface area contributed by atoms with Crippen molar-refractivity contribution in [1.82, 2.24) is 4.98 Å². The third-order valence-electron chi connectivity index (χ3n) is 3.23. The van der Waals surface area contributed by atoms with Crippen LogP contribution in [0.5, 0.6) is 5.75 Å². The summed E-state index contributed by atoms with van der Waals surface area (Å²) in [6.07, 6.45) is 2.84. The highest BCUT2D eigenvalue weighted by Crippen LogP contribution is 2.30. The molecule has 0 atom stereocenters. The van der Waals surface area contributed by atoms with Gasteiger partial charge in [-0.1, -0.05) is 13.8 Å². The maximum atomic E-state index is 12.6. The van der Waals surface area contributed by atoms with Gasteiger partial charge in [0, 0.05) is 24.4 Å². The summed E-state index contributed by atoms with van der Waals surface area (Å²) in [5.41, 5.74) is 0.430. The fourth-order valence-electron chi connectivity index (χ4n) is 1.87. The summed E-state index contributed by atoms with van der Waals surface area (Å²) in [4.78, 5) is 15.8. The van der Waals surface area contributed by atoms with Crippen molar-refractivity contribution < 1.29 is 17.9 Å². The van der Waals surface area contributed by atoms with Crippen molar-refractivity contribution in [3.63, 3.8) is 0 Å². The van der Waals surface area contributed by atoms with Gasteiger partial charge in [-0.2, -0.15) is 0 Å². The maximum Gasteiger partial charge on any atom is 0.227 e. The molecule has 2 rings (SSSR count). The van der Waals surface area contributed by atoms with Gasteiger partial charge < -0.3 is 10.1 Å². The van der Waals surface area contributed by atoms with E-state index in [9.17, 15) is 13.2 Å². The van der Waals surface area contributed by atoms with Gasteiger partial charge in [0.05, 0.1) is 22.6 Å². The van der Waals surface area contributed by atoms with E-state index in [1.54, 1.807) is 13.8 Å². The van der Waals surface area contributed by atoms with Gasteiger partial charge in [0.2, 0.25) is 15.7 Å².